The van der Waals surface area contributed by atoms with Crippen LogP contribution in [-0.2, 0) is 12.3 Å². The zero-order chi connectivity index (χ0) is 13.1. The lowest BCUT2D eigenvalue weighted by Gasteiger charge is -2.19. The van der Waals surface area contributed by atoms with E-state index in [1.54, 1.807) is 6.92 Å². The van der Waals surface area contributed by atoms with Crippen LogP contribution in [0.3, 0.4) is 0 Å². The predicted octanol–water partition coefficient (Wildman–Crippen LogP) is 3.01. The number of ether oxygens (including phenoxy) is 1. The van der Waals surface area contributed by atoms with Gasteiger partial charge in [-0.3, -0.25) is 0 Å². The minimum absolute atomic E-state index is 0.0491. The molecule has 4 heteroatoms. The molecule has 0 aromatic heterocycles. The molecule has 0 fully saturated rings. The van der Waals surface area contributed by atoms with E-state index in [2.05, 4.69) is 0 Å². The van der Waals surface area contributed by atoms with Crippen LogP contribution in [0.1, 0.15) is 30.0 Å². The number of hydrogen-bond acceptors (Lipinski definition) is 2. The number of methoxy groups -OCH3 is 1. The summed E-state index contributed by atoms with van der Waals surface area (Å²) in [5.41, 5.74) is 7.01. The summed E-state index contributed by atoms with van der Waals surface area (Å²) in [5, 5.41) is 0. The van der Waals surface area contributed by atoms with Gasteiger partial charge in [-0.1, -0.05) is 11.6 Å². The van der Waals surface area contributed by atoms with Crippen molar-refractivity contribution < 1.29 is 13.5 Å². The number of nitrogens with two attached hydrogens (primary N) is 1. The van der Waals surface area contributed by atoms with Crippen LogP contribution in [0.2, 0.25) is 0 Å². The van der Waals surface area contributed by atoms with Crippen molar-refractivity contribution in [2.45, 2.75) is 32.6 Å². The van der Waals surface area contributed by atoms with Gasteiger partial charge < -0.3 is 10.5 Å². The average Bonchev–Trinajstić information content (AvgIpc) is 2.24. The normalized spacial score (nSPS) is 11.6. The van der Waals surface area contributed by atoms with Crippen molar-refractivity contribution >= 4 is 0 Å². The highest BCUT2D eigenvalue weighted by Crippen LogP contribution is 2.37. The second kappa shape index (κ2) is 5.45. The quantitative estimate of drug-likeness (QED) is 0.862. The van der Waals surface area contributed by atoms with Crippen molar-refractivity contribution in [3.8, 4) is 5.75 Å². The first-order chi connectivity index (χ1) is 7.90. The highest BCUT2D eigenvalue weighted by atomic mass is 19.3. The molecule has 0 aliphatic heterocycles. The van der Waals surface area contributed by atoms with Gasteiger partial charge in [-0.25, -0.2) is 8.78 Å². The minimum atomic E-state index is -2.89. The summed E-state index contributed by atoms with van der Waals surface area (Å²) in [5.74, 6) is -2.61. The second-order valence-electron chi connectivity index (χ2n) is 4.29. The van der Waals surface area contributed by atoms with Gasteiger partial charge in [-0.2, -0.15) is 0 Å². The van der Waals surface area contributed by atoms with E-state index < -0.39 is 5.92 Å². The number of halogens is 2. The maximum absolute atomic E-state index is 13.5. The maximum atomic E-state index is 13.5. The van der Waals surface area contributed by atoms with Crippen molar-refractivity contribution in [3.05, 3.63) is 28.8 Å². The SMILES string of the molecule is COc1c(CCCN)cc(C)cc1C(C)(F)F. The summed E-state index contributed by atoms with van der Waals surface area (Å²) in [7, 11) is 1.42. The van der Waals surface area contributed by atoms with E-state index in [-0.39, 0.29) is 11.3 Å². The Labute approximate surface area is 101 Å². The molecule has 1 aromatic rings. The Morgan fingerprint density at radius 2 is 2.00 bits per heavy atom. The fraction of sp³-hybridized carbons (Fsp3) is 0.538. The Hall–Kier alpha value is -1.16. The molecule has 0 saturated carbocycles. The van der Waals surface area contributed by atoms with E-state index in [1.807, 2.05) is 6.07 Å². The molecule has 0 radical (unpaired) electrons. The van der Waals surface area contributed by atoms with Gasteiger partial charge in [0.15, 0.2) is 0 Å². The highest BCUT2D eigenvalue weighted by Gasteiger charge is 2.30. The van der Waals surface area contributed by atoms with Crippen LogP contribution in [-0.4, -0.2) is 13.7 Å². The summed E-state index contributed by atoms with van der Waals surface area (Å²) >= 11 is 0. The van der Waals surface area contributed by atoms with Gasteiger partial charge in [0.2, 0.25) is 0 Å². The zero-order valence-corrected chi connectivity index (χ0v) is 10.5. The summed E-state index contributed by atoms with van der Waals surface area (Å²) in [6, 6.07) is 3.36. The number of alkyl halides is 2. The van der Waals surface area contributed by atoms with Crippen LogP contribution in [0.5, 0.6) is 5.75 Å². The fourth-order valence-corrected chi connectivity index (χ4v) is 1.89. The summed E-state index contributed by atoms with van der Waals surface area (Å²) in [6.07, 6.45) is 1.42. The zero-order valence-electron chi connectivity index (χ0n) is 10.5. The van der Waals surface area contributed by atoms with E-state index >= 15 is 0 Å². The van der Waals surface area contributed by atoms with Crippen LogP contribution < -0.4 is 10.5 Å². The lowest BCUT2D eigenvalue weighted by molar-refractivity contribution is 0.0149. The topological polar surface area (TPSA) is 35.2 Å². The Morgan fingerprint density at radius 1 is 1.35 bits per heavy atom. The van der Waals surface area contributed by atoms with E-state index in [4.69, 9.17) is 10.5 Å². The van der Waals surface area contributed by atoms with Crippen LogP contribution in [0, 0.1) is 6.92 Å². The molecular formula is C13H19F2NO. The van der Waals surface area contributed by atoms with Crippen molar-refractivity contribution in [3.63, 3.8) is 0 Å². The van der Waals surface area contributed by atoms with Crippen LogP contribution in [0.25, 0.3) is 0 Å². The summed E-state index contributed by atoms with van der Waals surface area (Å²) in [4.78, 5) is 0. The molecule has 0 heterocycles. The Bertz CT molecular complexity index is 386. The molecule has 96 valence electrons. The minimum Gasteiger partial charge on any atom is -0.496 e. The molecule has 1 aromatic carbocycles. The molecule has 2 nitrogen and oxygen atoms in total. The van der Waals surface area contributed by atoms with Crippen molar-refractivity contribution in [2.24, 2.45) is 5.73 Å². The van der Waals surface area contributed by atoms with Crippen LogP contribution in [0.15, 0.2) is 12.1 Å². The molecule has 0 aliphatic rings. The molecule has 1 rings (SSSR count). The molecule has 0 atom stereocenters. The Morgan fingerprint density at radius 3 is 2.47 bits per heavy atom. The molecule has 0 saturated heterocycles. The first-order valence-electron chi connectivity index (χ1n) is 5.66. The molecule has 0 amide bonds. The van der Waals surface area contributed by atoms with Crippen molar-refractivity contribution in [2.75, 3.05) is 13.7 Å². The monoisotopic (exact) mass is 243 g/mol. The molecule has 0 spiro atoms. The van der Waals surface area contributed by atoms with E-state index in [0.29, 0.717) is 13.0 Å². The lowest BCUT2D eigenvalue weighted by atomic mass is 9.98. The second-order valence-corrected chi connectivity index (χ2v) is 4.29. The lowest BCUT2D eigenvalue weighted by Crippen LogP contribution is -2.12. The number of hydrogen-bond donors (Lipinski definition) is 1. The van der Waals surface area contributed by atoms with Gasteiger partial charge in [0.05, 0.1) is 12.7 Å². The van der Waals surface area contributed by atoms with E-state index in [1.165, 1.54) is 13.2 Å². The Kier molecular flexibility index (Phi) is 4.46. The standard InChI is InChI=1S/C13H19F2NO/c1-9-7-10(5-4-6-16)12(17-3)11(8-9)13(2,14)15/h7-8H,4-6,16H2,1-3H3. The van der Waals surface area contributed by atoms with Crippen LogP contribution in [0.4, 0.5) is 8.78 Å². The van der Waals surface area contributed by atoms with E-state index in [9.17, 15) is 8.78 Å². The smallest absolute Gasteiger partial charge is 0.274 e. The predicted molar refractivity (Wildman–Crippen MR) is 64.7 cm³/mol. The molecule has 2 N–H and O–H groups in total. The van der Waals surface area contributed by atoms with Gasteiger partial charge in [-0.15, -0.1) is 0 Å². The summed E-state index contributed by atoms with van der Waals surface area (Å²) in [6.45, 7) is 3.23. The van der Waals surface area contributed by atoms with Gasteiger partial charge >= 0.3 is 0 Å². The number of rotatable bonds is 5. The first-order valence-corrected chi connectivity index (χ1v) is 5.66. The average molecular weight is 243 g/mol. The molecule has 0 aliphatic carbocycles. The number of benzene rings is 1. The van der Waals surface area contributed by atoms with Crippen molar-refractivity contribution in [1.29, 1.82) is 0 Å². The molecule has 0 unspecified atom stereocenters. The van der Waals surface area contributed by atoms with Gasteiger partial charge in [0.25, 0.3) is 5.92 Å². The fourth-order valence-electron chi connectivity index (χ4n) is 1.89. The van der Waals surface area contributed by atoms with E-state index in [0.717, 1.165) is 24.5 Å². The van der Waals surface area contributed by atoms with Gasteiger partial charge in [-0.05, 0) is 37.9 Å². The van der Waals surface area contributed by atoms with Crippen molar-refractivity contribution in [1.82, 2.24) is 0 Å². The largest absolute Gasteiger partial charge is 0.496 e. The van der Waals surface area contributed by atoms with Gasteiger partial charge in [0.1, 0.15) is 5.75 Å². The third kappa shape index (κ3) is 3.40. The third-order valence-electron chi connectivity index (χ3n) is 2.64. The molecular weight excluding hydrogens is 224 g/mol. The Balaban J connectivity index is 3.25. The molecule has 17 heavy (non-hydrogen) atoms. The van der Waals surface area contributed by atoms with Crippen LogP contribution >= 0.6 is 0 Å². The third-order valence-corrected chi connectivity index (χ3v) is 2.64. The molecule has 0 bridgehead atoms. The highest BCUT2D eigenvalue weighted by molar-refractivity contribution is 5.46. The number of aryl methyl sites for hydroxylation is 2. The maximum Gasteiger partial charge on any atom is 0.274 e. The first kappa shape index (κ1) is 13.9. The summed E-state index contributed by atoms with van der Waals surface area (Å²) < 4.78 is 32.1. The van der Waals surface area contributed by atoms with Gasteiger partial charge in [0, 0.05) is 6.92 Å².